The number of carbonyl (C=O) groups is 1. The molecule has 0 bridgehead atoms. The first-order valence-corrected chi connectivity index (χ1v) is 12.8. The van der Waals surface area contributed by atoms with Crippen LogP contribution in [-0.4, -0.2) is 62.5 Å². The van der Waals surface area contributed by atoms with Gasteiger partial charge in [0.25, 0.3) is 0 Å². The molecule has 3 rings (SSSR count). The number of likely N-dealkylation sites (N-methyl/N-ethyl adjacent to an activating group) is 1. The van der Waals surface area contributed by atoms with Crippen LogP contribution in [0.1, 0.15) is 44.6 Å². The largest absolute Gasteiger partial charge is 0.457 e. The van der Waals surface area contributed by atoms with Gasteiger partial charge in [0.1, 0.15) is 17.3 Å². The molecule has 7 nitrogen and oxygen atoms in total. The van der Waals surface area contributed by atoms with Crippen molar-refractivity contribution >= 4 is 6.03 Å². The topological polar surface area (TPSA) is 83.1 Å². The summed E-state index contributed by atoms with van der Waals surface area (Å²) in [5.74, 6) is 0.517. The quantitative estimate of drug-likeness (QED) is 0.369. The Balaban J connectivity index is 1.87. The van der Waals surface area contributed by atoms with E-state index in [-0.39, 0.29) is 23.8 Å². The Bertz CT molecular complexity index is 958. The van der Waals surface area contributed by atoms with E-state index >= 15 is 0 Å². The van der Waals surface area contributed by atoms with Gasteiger partial charge in [0.15, 0.2) is 0 Å². The zero-order valence-electron chi connectivity index (χ0n) is 21.6. The highest BCUT2D eigenvalue weighted by Crippen LogP contribution is 2.44. The molecule has 0 saturated carbocycles. The smallest absolute Gasteiger partial charge is 0.317 e. The van der Waals surface area contributed by atoms with Crippen molar-refractivity contribution in [1.82, 2.24) is 15.5 Å². The van der Waals surface area contributed by atoms with Gasteiger partial charge in [-0.3, -0.25) is 0 Å². The Morgan fingerprint density at radius 3 is 2.69 bits per heavy atom. The number of ether oxygens (including phenoxy) is 2. The summed E-state index contributed by atoms with van der Waals surface area (Å²) in [5.41, 5.74) is -0.526. The van der Waals surface area contributed by atoms with Crippen molar-refractivity contribution in [2.45, 2.75) is 50.7 Å². The second-order valence-electron chi connectivity index (χ2n) is 9.62. The van der Waals surface area contributed by atoms with Gasteiger partial charge in [0.2, 0.25) is 0 Å². The van der Waals surface area contributed by atoms with E-state index in [2.05, 4.69) is 10.6 Å². The van der Waals surface area contributed by atoms with Crippen molar-refractivity contribution in [3.05, 3.63) is 59.9 Å². The standard InChI is InChI=1S/C28H40FN3O4/c1-21(19-30-2)31-27(33)32-17-8-9-22(20-32)28(34,16-6-7-18-35-3)25-10-4-5-11-26(25)36-24-14-12-23(29)13-15-24/h4-5,10-15,21-22,30,34H,6-9,16-20H2,1-3H3,(H,31,33)/t21-,22+,28-/m0/s1. The maximum absolute atomic E-state index is 13.4. The van der Waals surface area contributed by atoms with Gasteiger partial charge in [-0.1, -0.05) is 18.2 Å². The van der Waals surface area contributed by atoms with Crippen LogP contribution in [0.5, 0.6) is 11.5 Å². The summed E-state index contributed by atoms with van der Waals surface area (Å²) < 4.78 is 24.8. The molecular formula is C28H40FN3O4. The predicted molar refractivity (Wildman–Crippen MR) is 139 cm³/mol. The van der Waals surface area contributed by atoms with Gasteiger partial charge in [-0.15, -0.1) is 0 Å². The molecule has 0 aliphatic carbocycles. The number of halogens is 1. The second-order valence-corrected chi connectivity index (χ2v) is 9.62. The molecule has 2 aromatic carbocycles. The fraction of sp³-hybridized carbons (Fsp3) is 0.536. The van der Waals surface area contributed by atoms with Gasteiger partial charge in [0, 0.05) is 50.9 Å². The van der Waals surface area contributed by atoms with Gasteiger partial charge in [-0.25, -0.2) is 9.18 Å². The van der Waals surface area contributed by atoms with Crippen LogP contribution in [-0.2, 0) is 10.3 Å². The lowest BCUT2D eigenvalue weighted by atomic mass is 9.73. The molecule has 1 heterocycles. The summed E-state index contributed by atoms with van der Waals surface area (Å²) in [4.78, 5) is 14.8. The number of urea groups is 1. The molecular weight excluding hydrogens is 461 g/mol. The number of aliphatic hydroxyl groups is 1. The fourth-order valence-corrected chi connectivity index (χ4v) is 4.95. The molecule has 3 N–H and O–H groups in total. The van der Waals surface area contributed by atoms with Crippen LogP contribution in [0.2, 0.25) is 0 Å². The minimum Gasteiger partial charge on any atom is -0.457 e. The van der Waals surface area contributed by atoms with E-state index in [1.807, 2.05) is 43.1 Å². The molecule has 2 aromatic rings. The monoisotopic (exact) mass is 501 g/mol. The molecule has 0 spiro atoms. The first kappa shape index (κ1) is 27.9. The molecule has 1 saturated heterocycles. The minimum atomic E-state index is -1.21. The van der Waals surface area contributed by atoms with Crippen molar-refractivity contribution in [2.24, 2.45) is 5.92 Å². The Hall–Kier alpha value is -2.68. The molecule has 1 aliphatic rings. The highest BCUT2D eigenvalue weighted by Gasteiger charge is 2.43. The number of likely N-dealkylation sites (tertiary alicyclic amines) is 1. The van der Waals surface area contributed by atoms with E-state index in [0.717, 1.165) is 25.7 Å². The van der Waals surface area contributed by atoms with Crippen LogP contribution in [0, 0.1) is 11.7 Å². The first-order chi connectivity index (χ1) is 17.4. The average molecular weight is 502 g/mol. The highest BCUT2D eigenvalue weighted by atomic mass is 19.1. The lowest BCUT2D eigenvalue weighted by Crippen LogP contribution is -2.53. The number of hydrogen-bond acceptors (Lipinski definition) is 5. The number of benzene rings is 2. The maximum atomic E-state index is 13.4. The Morgan fingerprint density at radius 1 is 1.22 bits per heavy atom. The zero-order valence-corrected chi connectivity index (χ0v) is 21.6. The van der Waals surface area contributed by atoms with E-state index in [1.165, 1.54) is 12.1 Å². The van der Waals surface area contributed by atoms with Crippen molar-refractivity contribution in [1.29, 1.82) is 0 Å². The number of piperidine rings is 1. The molecule has 0 radical (unpaired) electrons. The van der Waals surface area contributed by atoms with Crippen LogP contribution >= 0.6 is 0 Å². The molecule has 1 aliphatic heterocycles. The fourth-order valence-electron chi connectivity index (χ4n) is 4.95. The van der Waals surface area contributed by atoms with Crippen LogP contribution in [0.25, 0.3) is 0 Å². The molecule has 0 unspecified atom stereocenters. The lowest BCUT2D eigenvalue weighted by molar-refractivity contribution is -0.0574. The van der Waals surface area contributed by atoms with Crippen molar-refractivity contribution in [3.8, 4) is 11.5 Å². The first-order valence-electron chi connectivity index (χ1n) is 12.8. The summed E-state index contributed by atoms with van der Waals surface area (Å²) in [6.45, 7) is 4.36. The van der Waals surface area contributed by atoms with Crippen LogP contribution < -0.4 is 15.4 Å². The van der Waals surface area contributed by atoms with Crippen molar-refractivity contribution < 1.29 is 23.8 Å². The molecule has 8 heteroatoms. The van der Waals surface area contributed by atoms with Crippen LogP contribution in [0.4, 0.5) is 9.18 Å². The number of methoxy groups -OCH3 is 1. The minimum absolute atomic E-state index is 0.000592. The second kappa shape index (κ2) is 13.6. The van der Waals surface area contributed by atoms with E-state index in [4.69, 9.17) is 9.47 Å². The van der Waals surface area contributed by atoms with Crippen LogP contribution in [0.3, 0.4) is 0 Å². The van der Waals surface area contributed by atoms with Gasteiger partial charge < -0.3 is 30.1 Å². The van der Waals surface area contributed by atoms with E-state index in [0.29, 0.717) is 49.7 Å². The van der Waals surface area contributed by atoms with Gasteiger partial charge in [0.05, 0.1) is 5.60 Å². The summed E-state index contributed by atoms with van der Waals surface area (Å²) >= 11 is 0. The number of para-hydroxylation sites is 1. The number of nitrogens with zero attached hydrogens (tertiary/aromatic N) is 1. The normalized spacial score (nSPS) is 18.4. The van der Waals surface area contributed by atoms with Crippen molar-refractivity contribution in [3.63, 3.8) is 0 Å². The molecule has 198 valence electrons. The average Bonchev–Trinajstić information content (AvgIpc) is 2.88. The Labute approximate surface area is 214 Å². The third-order valence-electron chi connectivity index (χ3n) is 6.82. The molecule has 3 atom stereocenters. The maximum Gasteiger partial charge on any atom is 0.317 e. The Kier molecular flexibility index (Phi) is 10.5. The summed E-state index contributed by atoms with van der Waals surface area (Å²) in [6.07, 6.45) is 3.69. The molecule has 0 aromatic heterocycles. The lowest BCUT2D eigenvalue weighted by Gasteiger charge is -2.43. The summed E-state index contributed by atoms with van der Waals surface area (Å²) in [6, 6.07) is 13.2. The number of amides is 2. The summed E-state index contributed by atoms with van der Waals surface area (Å²) in [5, 5.41) is 18.4. The highest BCUT2D eigenvalue weighted by molar-refractivity contribution is 5.74. The summed E-state index contributed by atoms with van der Waals surface area (Å²) in [7, 11) is 3.53. The van der Waals surface area contributed by atoms with Gasteiger partial charge >= 0.3 is 6.03 Å². The molecule has 1 fully saturated rings. The molecule has 2 amide bonds. The number of unbranched alkanes of at least 4 members (excludes halogenated alkanes) is 1. The van der Waals surface area contributed by atoms with Gasteiger partial charge in [-0.05, 0) is 76.4 Å². The molecule has 36 heavy (non-hydrogen) atoms. The third-order valence-corrected chi connectivity index (χ3v) is 6.82. The van der Waals surface area contributed by atoms with Gasteiger partial charge in [-0.2, -0.15) is 0 Å². The number of carbonyl (C=O) groups excluding carboxylic acids is 1. The Morgan fingerprint density at radius 2 is 1.97 bits per heavy atom. The van der Waals surface area contributed by atoms with E-state index < -0.39 is 5.60 Å². The third kappa shape index (κ3) is 7.41. The van der Waals surface area contributed by atoms with Crippen molar-refractivity contribution in [2.75, 3.05) is 40.4 Å². The number of hydrogen-bond donors (Lipinski definition) is 3. The van der Waals surface area contributed by atoms with E-state index in [9.17, 15) is 14.3 Å². The van der Waals surface area contributed by atoms with E-state index in [1.54, 1.807) is 19.2 Å². The van der Waals surface area contributed by atoms with Crippen LogP contribution in [0.15, 0.2) is 48.5 Å². The SMILES string of the molecule is CNC[C@H](C)NC(=O)N1CCC[C@@H]([C@@](O)(CCCCOC)c2ccccc2Oc2ccc(F)cc2)C1. The zero-order chi connectivity index (χ0) is 26.0. The number of nitrogens with one attached hydrogen (secondary N) is 2. The predicted octanol–water partition coefficient (Wildman–Crippen LogP) is 4.65. The number of rotatable bonds is 12.